The molecule has 0 N–H and O–H groups in total. The van der Waals surface area contributed by atoms with Gasteiger partial charge in [-0.15, -0.1) is 11.3 Å². The maximum Gasteiger partial charge on any atom is 0.433 e. The van der Waals surface area contributed by atoms with Crippen LogP contribution < -0.4 is 0 Å². The first kappa shape index (κ1) is 19.5. The van der Waals surface area contributed by atoms with Crippen LogP contribution in [0.5, 0.6) is 0 Å². The van der Waals surface area contributed by atoms with E-state index >= 15 is 0 Å². The van der Waals surface area contributed by atoms with Gasteiger partial charge in [-0.2, -0.15) is 18.3 Å². The van der Waals surface area contributed by atoms with Crippen molar-refractivity contribution in [1.29, 1.82) is 0 Å². The third-order valence-electron chi connectivity index (χ3n) is 4.71. The molecule has 1 aliphatic heterocycles. The molecule has 3 aromatic heterocycles. The van der Waals surface area contributed by atoms with Gasteiger partial charge in [-0.05, 0) is 30.4 Å². The molecule has 3 aromatic rings. The van der Waals surface area contributed by atoms with Gasteiger partial charge in [0.1, 0.15) is 30.7 Å². The predicted molar refractivity (Wildman–Crippen MR) is 98.9 cm³/mol. The molecular weight excluding hydrogens is 405 g/mol. The number of hydrogen-bond acceptors (Lipinski definition) is 6. The van der Waals surface area contributed by atoms with Crippen LogP contribution in [0.2, 0.25) is 0 Å². The van der Waals surface area contributed by atoms with Crippen molar-refractivity contribution in [1.82, 2.24) is 29.6 Å². The first-order valence-corrected chi connectivity index (χ1v) is 9.88. The number of thiophene rings is 1. The highest BCUT2D eigenvalue weighted by Crippen LogP contribution is 2.34. The second-order valence-corrected chi connectivity index (χ2v) is 7.69. The fraction of sp³-hybridized carbons (Fsp3) is 0.389. The fourth-order valence-electron chi connectivity index (χ4n) is 3.31. The van der Waals surface area contributed by atoms with E-state index in [9.17, 15) is 18.0 Å². The third kappa shape index (κ3) is 4.44. The number of nitrogens with zero attached hydrogens (tertiary/aromatic N) is 6. The van der Waals surface area contributed by atoms with Crippen LogP contribution in [-0.2, 0) is 17.5 Å². The van der Waals surface area contributed by atoms with Crippen molar-refractivity contribution in [3.8, 4) is 10.6 Å². The zero-order chi connectivity index (χ0) is 20.4. The van der Waals surface area contributed by atoms with Crippen LogP contribution in [0.4, 0.5) is 13.2 Å². The smallest absolute Gasteiger partial charge is 0.340 e. The van der Waals surface area contributed by atoms with E-state index < -0.39 is 11.9 Å². The first-order chi connectivity index (χ1) is 13.9. The summed E-state index contributed by atoms with van der Waals surface area (Å²) in [5.74, 6) is -0.392. The number of piperidine rings is 1. The van der Waals surface area contributed by atoms with Crippen LogP contribution in [0.15, 0.2) is 36.2 Å². The number of carbonyl (C=O) groups is 1. The van der Waals surface area contributed by atoms with Gasteiger partial charge in [0, 0.05) is 19.0 Å². The van der Waals surface area contributed by atoms with Gasteiger partial charge < -0.3 is 4.90 Å². The van der Waals surface area contributed by atoms with Crippen LogP contribution in [0.1, 0.15) is 30.3 Å². The highest BCUT2D eigenvalue weighted by molar-refractivity contribution is 7.13. The van der Waals surface area contributed by atoms with Crippen molar-refractivity contribution in [2.24, 2.45) is 0 Å². The summed E-state index contributed by atoms with van der Waals surface area (Å²) < 4.78 is 41.6. The Morgan fingerprint density at radius 3 is 2.86 bits per heavy atom. The minimum atomic E-state index is -4.57. The van der Waals surface area contributed by atoms with E-state index in [2.05, 4.69) is 20.1 Å². The van der Waals surface area contributed by atoms with Crippen molar-refractivity contribution in [2.75, 3.05) is 13.1 Å². The molecule has 1 fully saturated rings. The molecular formula is C18H17F3N6OS. The van der Waals surface area contributed by atoms with Crippen LogP contribution >= 0.6 is 11.3 Å². The Bertz CT molecular complexity index is 974. The van der Waals surface area contributed by atoms with Crippen LogP contribution in [0.3, 0.4) is 0 Å². The van der Waals surface area contributed by atoms with E-state index in [1.54, 1.807) is 22.4 Å². The lowest BCUT2D eigenvalue weighted by molar-refractivity contribution is -0.141. The molecule has 0 aromatic carbocycles. The molecule has 1 saturated heterocycles. The topological polar surface area (TPSA) is 76.8 Å². The minimum Gasteiger partial charge on any atom is -0.340 e. The number of alkyl halides is 3. The monoisotopic (exact) mass is 422 g/mol. The largest absolute Gasteiger partial charge is 0.433 e. The van der Waals surface area contributed by atoms with Crippen molar-refractivity contribution >= 4 is 17.2 Å². The summed E-state index contributed by atoms with van der Waals surface area (Å²) in [7, 11) is 0. The average Bonchev–Trinajstić information content (AvgIpc) is 3.41. The number of amides is 1. The van der Waals surface area contributed by atoms with Gasteiger partial charge in [-0.25, -0.2) is 19.6 Å². The second-order valence-electron chi connectivity index (χ2n) is 6.74. The highest BCUT2D eigenvalue weighted by Gasteiger charge is 2.35. The van der Waals surface area contributed by atoms with Crippen molar-refractivity contribution < 1.29 is 18.0 Å². The third-order valence-corrected chi connectivity index (χ3v) is 5.60. The number of likely N-dealkylation sites (tertiary alicyclic amines) is 1. The summed E-state index contributed by atoms with van der Waals surface area (Å²) >= 11 is 1.32. The maximum atomic E-state index is 13.4. The van der Waals surface area contributed by atoms with E-state index in [1.807, 2.05) is 0 Å². The zero-order valence-electron chi connectivity index (χ0n) is 15.2. The summed E-state index contributed by atoms with van der Waals surface area (Å²) in [4.78, 5) is 26.8. The molecule has 1 unspecified atom stereocenters. The van der Waals surface area contributed by atoms with Crippen molar-refractivity contribution in [3.05, 3.63) is 47.8 Å². The van der Waals surface area contributed by atoms with E-state index in [1.165, 1.54) is 28.7 Å². The molecule has 1 amide bonds. The maximum absolute atomic E-state index is 13.4. The highest BCUT2D eigenvalue weighted by atomic mass is 32.1. The molecule has 0 bridgehead atoms. The Balaban J connectivity index is 1.59. The summed E-state index contributed by atoms with van der Waals surface area (Å²) in [5, 5.41) is 5.70. The summed E-state index contributed by atoms with van der Waals surface area (Å²) in [6, 6.07) is 4.47. The van der Waals surface area contributed by atoms with Gasteiger partial charge in [0.25, 0.3) is 0 Å². The van der Waals surface area contributed by atoms with E-state index in [0.29, 0.717) is 24.3 Å². The van der Waals surface area contributed by atoms with Crippen LogP contribution in [0, 0.1) is 0 Å². The lowest BCUT2D eigenvalue weighted by atomic mass is 9.96. The zero-order valence-corrected chi connectivity index (χ0v) is 16.0. The molecule has 1 atom stereocenters. The van der Waals surface area contributed by atoms with Gasteiger partial charge in [0.05, 0.1) is 10.6 Å². The van der Waals surface area contributed by atoms with Gasteiger partial charge in [-0.1, -0.05) is 6.07 Å². The number of carbonyl (C=O) groups excluding carboxylic acids is 1. The van der Waals surface area contributed by atoms with E-state index in [0.717, 1.165) is 6.07 Å². The van der Waals surface area contributed by atoms with E-state index in [-0.39, 0.29) is 36.4 Å². The first-order valence-electron chi connectivity index (χ1n) is 9.00. The molecule has 7 nitrogen and oxygen atoms in total. The molecule has 11 heteroatoms. The minimum absolute atomic E-state index is 0.0383. The number of hydrogen-bond donors (Lipinski definition) is 0. The number of aromatic nitrogens is 5. The Hall–Kier alpha value is -2.82. The molecule has 0 radical (unpaired) electrons. The molecule has 0 aliphatic carbocycles. The summed E-state index contributed by atoms with van der Waals surface area (Å²) in [5.41, 5.74) is -0.708. The lowest BCUT2D eigenvalue weighted by Crippen LogP contribution is -2.41. The lowest BCUT2D eigenvalue weighted by Gasteiger charge is -2.32. The summed E-state index contributed by atoms with van der Waals surface area (Å²) in [6.45, 7) is 0.857. The van der Waals surface area contributed by atoms with Crippen LogP contribution in [-0.4, -0.2) is 48.6 Å². The Morgan fingerprint density at radius 1 is 1.31 bits per heavy atom. The number of halogens is 3. The molecule has 152 valence electrons. The molecule has 29 heavy (non-hydrogen) atoms. The SMILES string of the molecule is O=C(Cn1cncn1)N1CCCC(c2nc(-c3cccs3)cc(C(F)(F)F)n2)C1. The predicted octanol–water partition coefficient (Wildman–Crippen LogP) is 3.22. The molecule has 1 aliphatic rings. The molecule has 4 heterocycles. The standard InChI is InChI=1S/C18H17F3N6OS/c19-18(20,21)15-7-13(14-4-2-6-29-14)24-17(25-15)12-3-1-5-26(8-12)16(28)9-27-11-22-10-23-27/h2,4,6-7,10-12H,1,3,5,8-9H2. The van der Waals surface area contributed by atoms with Crippen LogP contribution in [0.25, 0.3) is 10.6 Å². The Labute approximate surface area is 168 Å². The van der Waals surface area contributed by atoms with E-state index in [4.69, 9.17) is 0 Å². The molecule has 0 saturated carbocycles. The second kappa shape index (κ2) is 7.90. The number of rotatable bonds is 4. The van der Waals surface area contributed by atoms with Gasteiger partial charge in [0.2, 0.25) is 5.91 Å². The van der Waals surface area contributed by atoms with Crippen molar-refractivity contribution in [2.45, 2.75) is 31.5 Å². The average molecular weight is 422 g/mol. The van der Waals surface area contributed by atoms with Gasteiger partial charge in [-0.3, -0.25) is 4.79 Å². The molecule has 4 rings (SSSR count). The Kier molecular flexibility index (Phi) is 5.31. The Morgan fingerprint density at radius 2 is 2.17 bits per heavy atom. The van der Waals surface area contributed by atoms with Crippen molar-refractivity contribution in [3.63, 3.8) is 0 Å². The van der Waals surface area contributed by atoms with Gasteiger partial charge >= 0.3 is 6.18 Å². The summed E-state index contributed by atoms with van der Waals surface area (Å²) in [6.07, 6.45) is -0.488. The normalized spacial score (nSPS) is 17.5. The fourth-order valence-corrected chi connectivity index (χ4v) is 4.00. The van der Waals surface area contributed by atoms with Gasteiger partial charge in [0.15, 0.2) is 0 Å². The molecule has 0 spiro atoms. The quantitative estimate of drug-likeness (QED) is 0.645.